The van der Waals surface area contributed by atoms with Gasteiger partial charge >= 0.3 is 6.18 Å². The fraction of sp³-hybridized carbons (Fsp3) is 0.160. The fourth-order valence-electron chi connectivity index (χ4n) is 4.18. The fourth-order valence-corrected chi connectivity index (χ4v) is 5.20. The second-order valence-electron chi connectivity index (χ2n) is 8.04. The summed E-state index contributed by atoms with van der Waals surface area (Å²) in [5.74, 6) is -0.450. The third-order valence-corrected chi connectivity index (χ3v) is 7.20. The smallest absolute Gasteiger partial charge is 0.397 e. The average Bonchev–Trinajstić information content (AvgIpc) is 3.15. The number of pyridine rings is 1. The zero-order valence-electron chi connectivity index (χ0n) is 17.6. The Balaban J connectivity index is 1.33. The molecule has 1 amide bonds. The van der Waals surface area contributed by atoms with E-state index < -0.39 is 17.8 Å². The summed E-state index contributed by atoms with van der Waals surface area (Å²) in [6.07, 6.45) is -2.74. The summed E-state index contributed by atoms with van der Waals surface area (Å²) in [6.45, 7) is 0.373. The first-order chi connectivity index (χ1) is 16.3. The summed E-state index contributed by atoms with van der Waals surface area (Å²) >= 11 is 1.21. The number of aromatic nitrogens is 1. The number of likely N-dealkylation sites (tertiary alicyclic amines) is 1. The van der Waals surface area contributed by atoms with Gasteiger partial charge in [-0.25, -0.2) is 4.98 Å². The molecule has 4 aromatic rings. The molecule has 1 saturated heterocycles. The van der Waals surface area contributed by atoms with Crippen molar-refractivity contribution in [2.24, 2.45) is 0 Å². The van der Waals surface area contributed by atoms with Crippen molar-refractivity contribution in [1.29, 1.82) is 5.26 Å². The van der Waals surface area contributed by atoms with Gasteiger partial charge in [-0.2, -0.15) is 18.4 Å². The number of hydrogen-bond acceptors (Lipinski definition) is 5. The number of nitrogens with two attached hydrogens (primary N) is 1. The molecule has 0 aliphatic carbocycles. The van der Waals surface area contributed by atoms with E-state index in [2.05, 4.69) is 11.1 Å². The van der Waals surface area contributed by atoms with Gasteiger partial charge in [0.25, 0.3) is 5.91 Å². The Morgan fingerprint density at radius 3 is 2.32 bits per heavy atom. The second-order valence-corrected chi connectivity index (χ2v) is 9.04. The van der Waals surface area contributed by atoms with Crippen LogP contribution in [0.2, 0.25) is 0 Å². The van der Waals surface area contributed by atoms with Crippen LogP contribution in [0.3, 0.4) is 0 Å². The molecule has 0 spiro atoms. The van der Waals surface area contributed by atoms with Gasteiger partial charge in [0.1, 0.15) is 15.7 Å². The molecule has 9 heteroatoms. The highest BCUT2D eigenvalue weighted by molar-refractivity contribution is 7.21. The number of anilines is 1. The summed E-state index contributed by atoms with van der Waals surface area (Å²) in [6, 6.07) is 17.4. The normalized spacial score (nSPS) is 17.9. The van der Waals surface area contributed by atoms with Gasteiger partial charge in [-0.15, -0.1) is 11.3 Å². The number of carbonyl (C=O) groups excluding carboxylic acids is 1. The number of halogens is 3. The lowest BCUT2D eigenvalue weighted by Gasteiger charge is -2.44. The topological polar surface area (TPSA) is 83.0 Å². The van der Waals surface area contributed by atoms with Crippen molar-refractivity contribution >= 4 is 33.1 Å². The predicted octanol–water partition coefficient (Wildman–Crippen LogP) is 5.70. The molecule has 0 radical (unpaired) electrons. The lowest BCUT2D eigenvalue weighted by molar-refractivity contribution is -0.137. The molecular formula is C25H17F3N4OS. The van der Waals surface area contributed by atoms with Gasteiger partial charge in [0.2, 0.25) is 0 Å². The Bertz CT molecular complexity index is 1420. The van der Waals surface area contributed by atoms with E-state index in [1.165, 1.54) is 28.4 Å². The van der Waals surface area contributed by atoms with Crippen molar-refractivity contribution < 1.29 is 18.0 Å². The van der Waals surface area contributed by atoms with Crippen LogP contribution in [0.4, 0.5) is 18.9 Å². The largest absolute Gasteiger partial charge is 0.416 e. The van der Waals surface area contributed by atoms with Gasteiger partial charge < -0.3 is 10.6 Å². The Hall–Kier alpha value is -3.90. The van der Waals surface area contributed by atoms with Crippen LogP contribution in [0, 0.1) is 11.3 Å². The molecule has 1 aliphatic heterocycles. The van der Waals surface area contributed by atoms with Crippen LogP contribution in [0.1, 0.15) is 26.7 Å². The first-order valence-corrected chi connectivity index (χ1v) is 11.2. The quantitative estimate of drug-likeness (QED) is 0.410. The number of nitrogens with zero attached hydrogens (tertiary/aromatic N) is 3. The van der Waals surface area contributed by atoms with Crippen LogP contribution < -0.4 is 5.73 Å². The molecule has 2 N–H and O–H groups in total. The van der Waals surface area contributed by atoms with Gasteiger partial charge in [0, 0.05) is 24.0 Å². The maximum atomic E-state index is 13.1. The third-order valence-electron chi connectivity index (χ3n) is 6.09. The van der Waals surface area contributed by atoms with Crippen LogP contribution in [0.25, 0.3) is 21.3 Å². The van der Waals surface area contributed by atoms with Crippen molar-refractivity contribution in [2.75, 3.05) is 12.3 Å². The Morgan fingerprint density at radius 1 is 1.09 bits per heavy atom. The van der Waals surface area contributed by atoms with E-state index >= 15 is 0 Å². The van der Waals surface area contributed by atoms with E-state index in [1.54, 1.807) is 12.3 Å². The van der Waals surface area contributed by atoms with Crippen LogP contribution in [-0.4, -0.2) is 28.4 Å². The maximum absolute atomic E-state index is 13.1. The molecule has 1 fully saturated rings. The first-order valence-electron chi connectivity index (χ1n) is 10.4. The van der Waals surface area contributed by atoms with Crippen molar-refractivity contribution in [3.63, 3.8) is 0 Å². The lowest BCUT2D eigenvalue weighted by Crippen LogP contribution is -2.56. The van der Waals surface area contributed by atoms with Crippen LogP contribution in [0.5, 0.6) is 0 Å². The van der Waals surface area contributed by atoms with Crippen molar-refractivity contribution in [3.05, 3.63) is 82.9 Å². The molecule has 2 atom stereocenters. The molecule has 0 bridgehead atoms. The average molecular weight is 478 g/mol. The van der Waals surface area contributed by atoms with Gasteiger partial charge in [-0.05, 0) is 41.0 Å². The number of nitriles is 1. The number of amides is 1. The Labute approximate surface area is 196 Å². The highest BCUT2D eigenvalue weighted by atomic mass is 32.1. The summed E-state index contributed by atoms with van der Waals surface area (Å²) in [4.78, 5) is 19.9. The van der Waals surface area contributed by atoms with Gasteiger partial charge in [0.15, 0.2) is 0 Å². The van der Waals surface area contributed by atoms with Gasteiger partial charge in [-0.1, -0.05) is 36.4 Å². The van der Waals surface area contributed by atoms with Crippen LogP contribution in [0.15, 0.2) is 66.9 Å². The SMILES string of the molecule is N#CC1C(c2ccc(-c3ccc(C(F)(F)F)cc3)cc2)CN1C(=O)c1sc2ncccc2c1N. The van der Waals surface area contributed by atoms with Gasteiger partial charge in [-0.3, -0.25) is 4.79 Å². The highest BCUT2D eigenvalue weighted by Gasteiger charge is 2.44. The monoisotopic (exact) mass is 478 g/mol. The Morgan fingerprint density at radius 2 is 1.74 bits per heavy atom. The summed E-state index contributed by atoms with van der Waals surface area (Å²) in [7, 11) is 0. The number of fused-ring (bicyclic) bond motifs is 1. The van der Waals surface area contributed by atoms with E-state index in [9.17, 15) is 23.2 Å². The van der Waals surface area contributed by atoms with Crippen LogP contribution in [-0.2, 0) is 6.18 Å². The number of rotatable bonds is 3. The summed E-state index contributed by atoms with van der Waals surface area (Å²) < 4.78 is 38.4. The zero-order valence-corrected chi connectivity index (χ0v) is 18.4. The second kappa shape index (κ2) is 8.15. The minimum atomic E-state index is -4.38. The molecule has 2 aromatic heterocycles. The summed E-state index contributed by atoms with van der Waals surface area (Å²) in [5.41, 5.74) is 8.17. The molecule has 2 unspecified atom stereocenters. The standard InChI is InChI=1S/C25H17F3N4OS/c26-25(27,28)17-9-7-15(8-10-17)14-3-5-16(6-4-14)19-13-32(20(19)12-29)24(33)22-21(30)18-2-1-11-31-23(18)34-22/h1-11,19-20H,13,30H2. The minimum Gasteiger partial charge on any atom is -0.397 e. The summed E-state index contributed by atoms with van der Waals surface area (Å²) in [5, 5.41) is 10.5. The molecule has 2 aromatic carbocycles. The molecule has 34 heavy (non-hydrogen) atoms. The highest BCUT2D eigenvalue weighted by Crippen LogP contribution is 2.40. The van der Waals surface area contributed by atoms with Crippen molar-refractivity contribution in [2.45, 2.75) is 18.1 Å². The predicted molar refractivity (Wildman–Crippen MR) is 124 cm³/mol. The number of nitrogen functional groups attached to an aromatic ring is 1. The van der Waals surface area contributed by atoms with Crippen molar-refractivity contribution in [1.82, 2.24) is 9.88 Å². The van der Waals surface area contributed by atoms with E-state index in [-0.39, 0.29) is 11.8 Å². The van der Waals surface area contributed by atoms with Crippen molar-refractivity contribution in [3.8, 4) is 17.2 Å². The molecule has 3 heterocycles. The van der Waals surface area contributed by atoms with Gasteiger partial charge in [0.05, 0.1) is 17.3 Å². The molecule has 170 valence electrons. The molecule has 5 nitrogen and oxygen atoms in total. The van der Waals surface area contributed by atoms with E-state index in [0.29, 0.717) is 27.5 Å². The molecule has 5 rings (SSSR count). The number of alkyl halides is 3. The number of hydrogen-bond donors (Lipinski definition) is 1. The lowest BCUT2D eigenvalue weighted by atomic mass is 9.82. The Kier molecular flexibility index (Phi) is 5.25. The van der Waals surface area contributed by atoms with E-state index in [4.69, 9.17) is 5.73 Å². The number of thiophene rings is 1. The van der Waals surface area contributed by atoms with E-state index in [0.717, 1.165) is 28.6 Å². The maximum Gasteiger partial charge on any atom is 0.416 e. The molecule has 0 saturated carbocycles. The van der Waals surface area contributed by atoms with Crippen LogP contribution >= 0.6 is 11.3 Å². The zero-order chi connectivity index (χ0) is 24.0. The molecule has 1 aliphatic rings. The molecular weight excluding hydrogens is 461 g/mol. The third kappa shape index (κ3) is 3.66. The minimum absolute atomic E-state index is 0.163. The number of carbonyl (C=O) groups is 1. The first kappa shape index (κ1) is 21.9. The number of benzene rings is 2. The van der Waals surface area contributed by atoms with E-state index in [1.807, 2.05) is 30.3 Å².